The van der Waals surface area contributed by atoms with Crippen LogP contribution in [-0.4, -0.2) is 5.97 Å². The number of hydrogen-bond donors (Lipinski definition) is 0. The van der Waals surface area contributed by atoms with E-state index >= 15 is 0 Å². The molecule has 0 spiro atoms. The number of hydrogen-bond acceptors (Lipinski definition) is 3. The summed E-state index contributed by atoms with van der Waals surface area (Å²) in [5, 5.41) is 0. The Bertz CT molecular complexity index is 815. The molecule has 0 aliphatic heterocycles. The van der Waals surface area contributed by atoms with Gasteiger partial charge in [0.25, 0.3) is 0 Å². The zero-order valence-corrected chi connectivity index (χ0v) is 15.6. The van der Waals surface area contributed by atoms with E-state index < -0.39 is 0 Å². The average molecular weight is 362 g/mol. The molecule has 2 aromatic rings. The molecule has 3 saturated carbocycles. The van der Waals surface area contributed by atoms with E-state index in [4.69, 9.17) is 9.47 Å². The van der Waals surface area contributed by atoms with Gasteiger partial charge in [-0.25, -0.2) is 0 Å². The predicted molar refractivity (Wildman–Crippen MR) is 103 cm³/mol. The fourth-order valence-corrected chi connectivity index (χ4v) is 5.92. The summed E-state index contributed by atoms with van der Waals surface area (Å²) in [5.74, 6) is 4.80. The third-order valence-electron chi connectivity index (χ3n) is 6.99. The first-order valence-corrected chi connectivity index (χ1v) is 10.3. The Kier molecular flexibility index (Phi) is 4.39. The fraction of sp³-hybridized carbons (Fsp3) is 0.458. The van der Waals surface area contributed by atoms with E-state index in [1.54, 1.807) is 0 Å². The quantitative estimate of drug-likeness (QED) is 0.650. The van der Waals surface area contributed by atoms with Crippen LogP contribution in [0.4, 0.5) is 0 Å². The van der Waals surface area contributed by atoms with Gasteiger partial charge in [0.05, 0.1) is 5.92 Å². The van der Waals surface area contributed by atoms with Gasteiger partial charge >= 0.3 is 5.97 Å². The molecule has 3 aliphatic rings. The molecule has 0 heterocycles. The molecule has 0 aromatic heterocycles. The first kappa shape index (κ1) is 16.9. The van der Waals surface area contributed by atoms with Crippen LogP contribution in [0, 0.1) is 29.6 Å². The van der Waals surface area contributed by atoms with E-state index in [1.807, 2.05) is 54.6 Å². The molecule has 5 atom stereocenters. The Morgan fingerprint density at radius 1 is 0.889 bits per heavy atom. The van der Waals surface area contributed by atoms with Crippen LogP contribution in [0.2, 0.25) is 0 Å². The SMILES string of the molecule is O=C(OCc1cccc(Oc2ccccc2)c1)[C@@H]1CC2C[C@H]1[C@@H]1CCC[C@H]21. The average Bonchev–Trinajstić information content (AvgIpc) is 3.40. The Labute approximate surface area is 160 Å². The first-order chi connectivity index (χ1) is 13.3. The van der Waals surface area contributed by atoms with Crippen molar-refractivity contribution in [1.29, 1.82) is 0 Å². The molecule has 3 aliphatic carbocycles. The van der Waals surface area contributed by atoms with Gasteiger partial charge in [0.1, 0.15) is 18.1 Å². The minimum Gasteiger partial charge on any atom is -0.461 e. The monoisotopic (exact) mass is 362 g/mol. The number of benzene rings is 2. The van der Waals surface area contributed by atoms with E-state index in [9.17, 15) is 4.79 Å². The summed E-state index contributed by atoms with van der Waals surface area (Å²) < 4.78 is 11.6. The summed E-state index contributed by atoms with van der Waals surface area (Å²) >= 11 is 0. The van der Waals surface area contributed by atoms with Gasteiger partial charge in [-0.05, 0) is 79.2 Å². The molecule has 1 unspecified atom stereocenters. The minimum absolute atomic E-state index is 0.0160. The predicted octanol–water partition coefficient (Wildman–Crippen LogP) is 5.59. The van der Waals surface area contributed by atoms with Gasteiger partial charge in [0.2, 0.25) is 0 Å². The van der Waals surface area contributed by atoms with E-state index in [-0.39, 0.29) is 11.9 Å². The molecular weight excluding hydrogens is 336 g/mol. The van der Waals surface area contributed by atoms with Crippen LogP contribution in [0.3, 0.4) is 0 Å². The summed E-state index contributed by atoms with van der Waals surface area (Å²) in [4.78, 5) is 12.7. The number of rotatable bonds is 5. The maximum atomic E-state index is 12.7. The van der Waals surface area contributed by atoms with Gasteiger partial charge in [-0.3, -0.25) is 4.79 Å². The van der Waals surface area contributed by atoms with Crippen molar-refractivity contribution < 1.29 is 14.3 Å². The highest BCUT2D eigenvalue weighted by Crippen LogP contribution is 2.61. The maximum Gasteiger partial charge on any atom is 0.309 e. The summed E-state index contributed by atoms with van der Waals surface area (Å²) in [6, 6.07) is 17.5. The van der Waals surface area contributed by atoms with E-state index in [0.717, 1.165) is 41.2 Å². The van der Waals surface area contributed by atoms with E-state index in [0.29, 0.717) is 12.5 Å². The third kappa shape index (κ3) is 3.24. The van der Waals surface area contributed by atoms with Crippen molar-refractivity contribution in [1.82, 2.24) is 0 Å². The highest BCUT2D eigenvalue weighted by molar-refractivity contribution is 5.73. The van der Waals surface area contributed by atoms with Gasteiger partial charge in [-0.15, -0.1) is 0 Å². The highest BCUT2D eigenvalue weighted by Gasteiger charge is 2.56. The smallest absolute Gasteiger partial charge is 0.309 e. The van der Waals surface area contributed by atoms with Crippen molar-refractivity contribution in [2.24, 2.45) is 29.6 Å². The number of carbonyl (C=O) groups excluding carboxylic acids is 1. The van der Waals surface area contributed by atoms with Crippen molar-refractivity contribution in [3.05, 3.63) is 60.2 Å². The standard InChI is InChI=1S/C24H26O3/c25-24(23-14-17-13-22(23)21-11-5-10-20(17)21)26-15-16-6-4-9-19(12-16)27-18-7-2-1-3-8-18/h1-4,6-9,12,17,20-23H,5,10-11,13-15H2/t17?,20-,21-,22+,23-/m1/s1. The Morgan fingerprint density at radius 2 is 1.70 bits per heavy atom. The molecule has 0 saturated heterocycles. The van der Waals surface area contributed by atoms with Crippen LogP contribution < -0.4 is 4.74 Å². The molecule has 3 heteroatoms. The van der Waals surface area contributed by atoms with Crippen molar-refractivity contribution in [2.45, 2.75) is 38.7 Å². The van der Waals surface area contributed by atoms with Gasteiger partial charge in [0.15, 0.2) is 0 Å². The summed E-state index contributed by atoms with van der Waals surface area (Å²) in [6.07, 6.45) is 6.39. The number of esters is 1. The third-order valence-corrected chi connectivity index (χ3v) is 6.99. The summed E-state index contributed by atoms with van der Waals surface area (Å²) in [5.41, 5.74) is 0.971. The topological polar surface area (TPSA) is 35.5 Å². The minimum atomic E-state index is 0.0160. The summed E-state index contributed by atoms with van der Waals surface area (Å²) in [6.45, 7) is 0.326. The molecule has 140 valence electrons. The molecule has 3 nitrogen and oxygen atoms in total. The molecule has 0 N–H and O–H groups in total. The Hall–Kier alpha value is -2.29. The molecular formula is C24H26O3. The molecule has 2 aromatic carbocycles. The lowest BCUT2D eigenvalue weighted by atomic mass is 9.76. The maximum absolute atomic E-state index is 12.7. The molecule has 0 radical (unpaired) electrons. The Morgan fingerprint density at radius 3 is 2.59 bits per heavy atom. The van der Waals surface area contributed by atoms with Crippen molar-refractivity contribution in [3.8, 4) is 11.5 Å². The van der Waals surface area contributed by atoms with Crippen LogP contribution in [0.1, 0.15) is 37.7 Å². The van der Waals surface area contributed by atoms with E-state index in [2.05, 4.69) is 0 Å². The highest BCUT2D eigenvalue weighted by atomic mass is 16.5. The molecule has 27 heavy (non-hydrogen) atoms. The first-order valence-electron chi connectivity index (χ1n) is 10.3. The van der Waals surface area contributed by atoms with Crippen molar-refractivity contribution in [3.63, 3.8) is 0 Å². The van der Waals surface area contributed by atoms with Crippen LogP contribution in [-0.2, 0) is 16.1 Å². The largest absolute Gasteiger partial charge is 0.461 e. The second-order valence-corrected chi connectivity index (χ2v) is 8.43. The number of carbonyl (C=O) groups is 1. The summed E-state index contributed by atoms with van der Waals surface area (Å²) in [7, 11) is 0. The van der Waals surface area contributed by atoms with Gasteiger partial charge < -0.3 is 9.47 Å². The number of ether oxygens (including phenoxy) is 2. The molecule has 3 fully saturated rings. The van der Waals surface area contributed by atoms with E-state index in [1.165, 1.54) is 25.7 Å². The van der Waals surface area contributed by atoms with Crippen LogP contribution in [0.25, 0.3) is 0 Å². The fourth-order valence-electron chi connectivity index (χ4n) is 5.92. The van der Waals surface area contributed by atoms with Crippen LogP contribution in [0.5, 0.6) is 11.5 Å². The lowest BCUT2D eigenvalue weighted by molar-refractivity contribution is -0.152. The van der Waals surface area contributed by atoms with Crippen LogP contribution in [0.15, 0.2) is 54.6 Å². The van der Waals surface area contributed by atoms with Gasteiger partial charge in [-0.2, -0.15) is 0 Å². The molecule has 0 amide bonds. The second kappa shape index (κ2) is 7.03. The lowest BCUT2D eigenvalue weighted by Gasteiger charge is -2.30. The van der Waals surface area contributed by atoms with Crippen LogP contribution >= 0.6 is 0 Å². The van der Waals surface area contributed by atoms with Crippen molar-refractivity contribution >= 4 is 5.97 Å². The zero-order chi connectivity index (χ0) is 18.2. The van der Waals surface area contributed by atoms with Gasteiger partial charge in [-0.1, -0.05) is 36.8 Å². The lowest BCUT2D eigenvalue weighted by Crippen LogP contribution is -2.30. The van der Waals surface area contributed by atoms with Crippen molar-refractivity contribution in [2.75, 3.05) is 0 Å². The molecule has 5 rings (SSSR count). The normalized spacial score (nSPS) is 30.9. The second-order valence-electron chi connectivity index (χ2n) is 8.43. The van der Waals surface area contributed by atoms with Gasteiger partial charge in [0, 0.05) is 0 Å². The number of para-hydroxylation sites is 1. The molecule has 2 bridgehead atoms. The Balaban J connectivity index is 1.19. The number of fused-ring (bicyclic) bond motifs is 5. The zero-order valence-electron chi connectivity index (χ0n) is 15.6.